The molecular weight excluding hydrogens is 380 g/mol. The third-order valence-electron chi connectivity index (χ3n) is 7.43. The van der Waals surface area contributed by atoms with E-state index in [9.17, 15) is 4.79 Å². The van der Waals surface area contributed by atoms with E-state index in [4.69, 9.17) is 8.85 Å². The van der Waals surface area contributed by atoms with E-state index in [0.29, 0.717) is 9.76 Å². The molecule has 160 valence electrons. The molecule has 0 aromatic carbocycles. The Bertz CT molecular complexity index is 458. The van der Waals surface area contributed by atoms with Crippen molar-refractivity contribution in [3.8, 4) is 0 Å². The number of carbonyl (C=O) groups is 1. The molecule has 0 bridgehead atoms. The van der Waals surface area contributed by atoms with E-state index in [0.717, 1.165) is 22.7 Å². The van der Waals surface area contributed by atoms with Crippen molar-refractivity contribution in [2.45, 2.75) is 133 Å². The lowest BCUT2D eigenvalue weighted by Gasteiger charge is -2.45. The van der Waals surface area contributed by atoms with Crippen LogP contribution in [-0.2, 0) is 13.6 Å². The van der Waals surface area contributed by atoms with Crippen LogP contribution >= 0.6 is 0 Å². The van der Waals surface area contributed by atoms with E-state index in [-0.39, 0.29) is 17.5 Å². The van der Waals surface area contributed by atoms with Crippen LogP contribution in [0.1, 0.15) is 105 Å². The maximum absolute atomic E-state index is 13.3. The van der Waals surface area contributed by atoms with Crippen LogP contribution in [0.2, 0.25) is 22.7 Å². The lowest BCUT2D eigenvalue weighted by molar-refractivity contribution is -0.139. The SMILES string of the molecule is CC(C[Si]OC(C)(C)C)C(=O)O[Si](C1CCCC1)(C1CCCC1)C1CCCC1. The van der Waals surface area contributed by atoms with Gasteiger partial charge in [-0.3, -0.25) is 4.79 Å². The third kappa shape index (κ3) is 5.31. The predicted octanol–water partition coefficient (Wildman–Crippen LogP) is 6.80. The molecule has 0 saturated heterocycles. The fourth-order valence-electron chi connectivity index (χ4n) is 6.12. The zero-order valence-electron chi connectivity index (χ0n) is 18.7. The summed E-state index contributed by atoms with van der Waals surface area (Å²) in [5.74, 6) is 0.0825. The Balaban J connectivity index is 1.74. The number of hydrogen-bond donors (Lipinski definition) is 0. The van der Waals surface area contributed by atoms with E-state index in [2.05, 4.69) is 27.7 Å². The molecule has 3 aliphatic rings. The maximum Gasteiger partial charge on any atom is 0.295 e. The van der Waals surface area contributed by atoms with Gasteiger partial charge in [-0.1, -0.05) is 45.4 Å². The lowest BCUT2D eigenvalue weighted by atomic mass is 10.2. The molecule has 0 heterocycles. The molecule has 0 amide bonds. The van der Waals surface area contributed by atoms with Crippen LogP contribution in [0.25, 0.3) is 0 Å². The summed E-state index contributed by atoms with van der Waals surface area (Å²) in [5, 5.41) is 0. The van der Waals surface area contributed by atoms with Crippen LogP contribution in [0.4, 0.5) is 0 Å². The first-order valence-electron chi connectivity index (χ1n) is 12.0. The maximum atomic E-state index is 13.3. The zero-order valence-corrected chi connectivity index (χ0v) is 20.7. The fraction of sp³-hybridized carbons (Fsp3) is 0.957. The van der Waals surface area contributed by atoms with Gasteiger partial charge in [-0.25, -0.2) is 0 Å². The Labute approximate surface area is 176 Å². The monoisotopic (exact) mass is 422 g/mol. The first kappa shape index (κ1) is 22.5. The van der Waals surface area contributed by atoms with Gasteiger partial charge >= 0.3 is 0 Å². The lowest BCUT2D eigenvalue weighted by Crippen LogP contribution is -2.52. The van der Waals surface area contributed by atoms with Crippen molar-refractivity contribution < 1.29 is 13.6 Å². The highest BCUT2D eigenvalue weighted by molar-refractivity contribution is 6.79. The second-order valence-electron chi connectivity index (χ2n) is 10.7. The summed E-state index contributed by atoms with van der Waals surface area (Å²) < 4.78 is 12.8. The van der Waals surface area contributed by atoms with Crippen molar-refractivity contribution in [1.29, 1.82) is 0 Å². The summed E-state index contributed by atoms with van der Waals surface area (Å²) >= 11 is 0. The first-order chi connectivity index (χ1) is 13.3. The van der Waals surface area contributed by atoms with Crippen LogP contribution in [-0.4, -0.2) is 29.7 Å². The number of hydrogen-bond acceptors (Lipinski definition) is 3. The Kier molecular flexibility index (Phi) is 7.88. The quantitative estimate of drug-likeness (QED) is 0.404. The van der Waals surface area contributed by atoms with E-state index < -0.39 is 8.32 Å². The van der Waals surface area contributed by atoms with Crippen LogP contribution in [0.5, 0.6) is 0 Å². The van der Waals surface area contributed by atoms with Crippen molar-refractivity contribution in [3.63, 3.8) is 0 Å². The molecule has 1 atom stereocenters. The topological polar surface area (TPSA) is 35.5 Å². The van der Waals surface area contributed by atoms with Gasteiger partial charge in [0.15, 0.2) is 0 Å². The smallest absolute Gasteiger partial charge is 0.295 e. The molecule has 3 aliphatic carbocycles. The van der Waals surface area contributed by atoms with Crippen LogP contribution in [0.3, 0.4) is 0 Å². The van der Waals surface area contributed by atoms with Gasteiger partial charge in [-0.2, -0.15) is 0 Å². The van der Waals surface area contributed by atoms with Gasteiger partial charge in [-0.05, 0) is 82.0 Å². The molecular formula is C23H42O3Si2. The van der Waals surface area contributed by atoms with E-state index >= 15 is 0 Å². The van der Waals surface area contributed by atoms with E-state index in [1.165, 1.54) is 77.0 Å². The molecule has 0 aromatic heterocycles. The summed E-state index contributed by atoms with van der Waals surface area (Å²) in [6, 6.07) is 0.806. The van der Waals surface area contributed by atoms with Crippen molar-refractivity contribution >= 4 is 24.0 Å². The molecule has 3 fully saturated rings. The zero-order chi connectivity index (χ0) is 20.2. The summed E-state index contributed by atoms with van der Waals surface area (Å²) in [6.07, 6.45) is 16.1. The van der Waals surface area contributed by atoms with Crippen molar-refractivity contribution in [2.24, 2.45) is 5.92 Å². The normalized spacial score (nSPS) is 24.1. The molecule has 0 spiro atoms. The van der Waals surface area contributed by atoms with E-state index in [1.807, 2.05) is 0 Å². The second kappa shape index (κ2) is 9.78. The van der Waals surface area contributed by atoms with Crippen LogP contribution in [0, 0.1) is 5.92 Å². The molecule has 0 aromatic rings. The summed E-state index contributed by atoms with van der Waals surface area (Å²) in [4.78, 5) is 13.3. The summed E-state index contributed by atoms with van der Waals surface area (Å²) in [5.41, 5.74) is 2.09. The van der Waals surface area contributed by atoms with Gasteiger partial charge in [0.05, 0.1) is 5.92 Å². The van der Waals surface area contributed by atoms with Gasteiger partial charge in [0, 0.05) is 5.60 Å². The first-order valence-corrected chi connectivity index (χ1v) is 15.2. The van der Waals surface area contributed by atoms with Crippen molar-refractivity contribution in [3.05, 3.63) is 0 Å². The average molecular weight is 423 g/mol. The Morgan fingerprint density at radius 1 is 0.893 bits per heavy atom. The van der Waals surface area contributed by atoms with Gasteiger partial charge in [0.1, 0.15) is 0 Å². The molecule has 1 unspecified atom stereocenters. The molecule has 28 heavy (non-hydrogen) atoms. The number of rotatable bonds is 8. The minimum atomic E-state index is -2.09. The van der Waals surface area contributed by atoms with Crippen LogP contribution < -0.4 is 0 Å². The minimum absolute atomic E-state index is 0.0308. The summed E-state index contributed by atoms with van der Waals surface area (Å²) in [6.45, 7) is 8.32. The largest absolute Gasteiger partial charge is 0.518 e. The van der Waals surface area contributed by atoms with Gasteiger partial charge in [-0.15, -0.1) is 0 Å². The second-order valence-corrected chi connectivity index (χ2v) is 15.9. The number of carbonyl (C=O) groups excluding carboxylic acids is 1. The van der Waals surface area contributed by atoms with Gasteiger partial charge < -0.3 is 8.85 Å². The van der Waals surface area contributed by atoms with Crippen molar-refractivity contribution in [1.82, 2.24) is 0 Å². The van der Waals surface area contributed by atoms with Crippen LogP contribution in [0.15, 0.2) is 0 Å². The fourth-order valence-corrected chi connectivity index (χ4v) is 14.0. The molecule has 0 N–H and O–H groups in total. The van der Waals surface area contributed by atoms with E-state index in [1.54, 1.807) is 0 Å². The predicted molar refractivity (Wildman–Crippen MR) is 119 cm³/mol. The molecule has 3 saturated carbocycles. The summed E-state index contributed by atoms with van der Waals surface area (Å²) in [7, 11) is -1.71. The Morgan fingerprint density at radius 3 is 1.64 bits per heavy atom. The Morgan fingerprint density at radius 2 is 1.29 bits per heavy atom. The molecule has 0 aliphatic heterocycles. The third-order valence-corrected chi connectivity index (χ3v) is 15.1. The molecule has 5 heteroatoms. The van der Waals surface area contributed by atoms with Gasteiger partial charge in [0.25, 0.3) is 14.3 Å². The molecule has 2 radical (unpaired) electrons. The minimum Gasteiger partial charge on any atom is -0.518 e. The molecule has 3 rings (SSSR count). The standard InChI is InChI=1S/C23H42O3Si2/c1-18(17-27-26-23(2,3)4)22(24)25-28(19-11-5-6-12-19,20-13-7-8-14-20)21-15-9-10-16-21/h18-21H,5-17H2,1-4H3. The van der Waals surface area contributed by atoms with Crippen molar-refractivity contribution in [2.75, 3.05) is 0 Å². The Hall–Kier alpha value is -0.136. The molecule has 3 nitrogen and oxygen atoms in total. The highest BCUT2D eigenvalue weighted by Gasteiger charge is 2.58. The highest BCUT2D eigenvalue weighted by Crippen LogP contribution is 2.59. The van der Waals surface area contributed by atoms with Gasteiger partial charge in [0.2, 0.25) is 9.76 Å². The average Bonchev–Trinajstić information content (AvgIpc) is 3.42. The highest BCUT2D eigenvalue weighted by atomic mass is 28.4.